The van der Waals surface area contributed by atoms with Crippen molar-refractivity contribution in [3.8, 4) is 0 Å². The van der Waals surface area contributed by atoms with Gasteiger partial charge in [0.2, 0.25) is 0 Å². The van der Waals surface area contributed by atoms with Gasteiger partial charge in [0, 0.05) is 24.8 Å². The van der Waals surface area contributed by atoms with Gasteiger partial charge in [-0.1, -0.05) is 18.2 Å². The highest BCUT2D eigenvalue weighted by atomic mass is 35.5. The Morgan fingerprint density at radius 1 is 1.17 bits per heavy atom. The van der Waals surface area contributed by atoms with Crippen molar-refractivity contribution < 1.29 is 0 Å². The maximum absolute atomic E-state index is 5.82. The minimum atomic E-state index is 0.502. The van der Waals surface area contributed by atoms with Crippen molar-refractivity contribution in [2.75, 3.05) is 11.9 Å². The topological polar surface area (TPSA) is 16.1 Å². The van der Waals surface area contributed by atoms with Gasteiger partial charge in [0.05, 0.1) is 0 Å². The van der Waals surface area contributed by atoms with E-state index in [1.165, 1.54) is 11.3 Å². The van der Waals surface area contributed by atoms with Crippen LogP contribution in [-0.4, -0.2) is 12.0 Å². The van der Waals surface area contributed by atoms with Crippen LogP contribution in [0.2, 0.25) is 0 Å². The summed E-state index contributed by atoms with van der Waals surface area (Å²) in [6.45, 7) is 4.17. The summed E-state index contributed by atoms with van der Waals surface area (Å²) in [5, 5.41) is 0. The lowest BCUT2D eigenvalue weighted by Crippen LogP contribution is -2.14. The van der Waals surface area contributed by atoms with E-state index in [0.717, 1.165) is 16.9 Å². The smallest absolute Gasteiger partial charge is 0.135 e. The molecule has 0 aliphatic rings. The molecular weight excluding hydrogens is 244 g/mol. The second-order valence-electron chi connectivity index (χ2n) is 4.46. The third-order valence-electron chi connectivity index (χ3n) is 3.06. The van der Waals surface area contributed by atoms with Crippen molar-refractivity contribution in [2.45, 2.75) is 19.7 Å². The SMILES string of the molecule is Cc1ccccc1N(C)c1ncc(CCl)cc1C. The molecule has 94 valence electrons. The highest BCUT2D eigenvalue weighted by molar-refractivity contribution is 6.17. The summed E-state index contributed by atoms with van der Waals surface area (Å²) in [6.07, 6.45) is 1.84. The molecular formula is C15H17ClN2. The highest BCUT2D eigenvalue weighted by Gasteiger charge is 2.10. The molecule has 0 radical (unpaired) electrons. The lowest BCUT2D eigenvalue weighted by Gasteiger charge is -2.22. The van der Waals surface area contributed by atoms with Gasteiger partial charge in [0.25, 0.3) is 0 Å². The number of pyridine rings is 1. The Bertz CT molecular complexity index is 552. The van der Waals surface area contributed by atoms with Crippen molar-refractivity contribution in [2.24, 2.45) is 0 Å². The van der Waals surface area contributed by atoms with E-state index in [-0.39, 0.29) is 0 Å². The van der Waals surface area contributed by atoms with Crippen LogP contribution in [-0.2, 0) is 5.88 Å². The second-order valence-corrected chi connectivity index (χ2v) is 4.73. The van der Waals surface area contributed by atoms with Gasteiger partial charge in [-0.15, -0.1) is 11.6 Å². The van der Waals surface area contributed by atoms with Crippen molar-refractivity contribution >= 4 is 23.1 Å². The number of nitrogens with zero attached hydrogens (tertiary/aromatic N) is 2. The Morgan fingerprint density at radius 2 is 1.89 bits per heavy atom. The van der Waals surface area contributed by atoms with E-state index in [0.29, 0.717) is 5.88 Å². The van der Waals surface area contributed by atoms with Gasteiger partial charge in [0.15, 0.2) is 0 Å². The summed E-state index contributed by atoms with van der Waals surface area (Å²) >= 11 is 5.82. The molecule has 2 rings (SSSR count). The summed E-state index contributed by atoms with van der Waals surface area (Å²) in [6, 6.07) is 10.4. The van der Waals surface area contributed by atoms with E-state index >= 15 is 0 Å². The maximum Gasteiger partial charge on any atom is 0.135 e. The standard InChI is InChI=1S/C15H17ClN2/c1-11-6-4-5-7-14(11)18(3)15-12(2)8-13(9-16)10-17-15/h4-8,10H,9H2,1-3H3. The number of aryl methyl sites for hydroxylation is 2. The first-order valence-electron chi connectivity index (χ1n) is 5.94. The number of hydrogen-bond acceptors (Lipinski definition) is 2. The zero-order valence-corrected chi connectivity index (χ0v) is 11.7. The average molecular weight is 261 g/mol. The van der Waals surface area contributed by atoms with E-state index in [1.807, 2.05) is 25.4 Å². The molecule has 0 fully saturated rings. The van der Waals surface area contributed by atoms with Crippen LogP contribution in [0.3, 0.4) is 0 Å². The molecule has 1 aromatic carbocycles. The van der Waals surface area contributed by atoms with Crippen LogP contribution in [0.1, 0.15) is 16.7 Å². The van der Waals surface area contributed by atoms with E-state index in [1.54, 1.807) is 0 Å². The molecule has 0 saturated carbocycles. The number of benzene rings is 1. The van der Waals surface area contributed by atoms with E-state index in [9.17, 15) is 0 Å². The summed E-state index contributed by atoms with van der Waals surface area (Å²) < 4.78 is 0. The first-order valence-corrected chi connectivity index (χ1v) is 6.47. The molecule has 0 atom stereocenters. The molecule has 0 aliphatic heterocycles. The van der Waals surface area contributed by atoms with Crippen LogP contribution in [0.4, 0.5) is 11.5 Å². The fourth-order valence-electron chi connectivity index (χ4n) is 2.10. The molecule has 2 nitrogen and oxygen atoms in total. The Balaban J connectivity index is 2.40. The molecule has 0 spiro atoms. The summed E-state index contributed by atoms with van der Waals surface area (Å²) in [5.74, 6) is 1.47. The number of anilines is 2. The largest absolute Gasteiger partial charge is 0.329 e. The van der Waals surface area contributed by atoms with Gasteiger partial charge in [0.1, 0.15) is 5.82 Å². The fraction of sp³-hybridized carbons (Fsp3) is 0.267. The number of hydrogen-bond donors (Lipinski definition) is 0. The van der Waals surface area contributed by atoms with Gasteiger partial charge in [-0.2, -0.15) is 0 Å². The molecule has 0 aliphatic carbocycles. The first-order chi connectivity index (χ1) is 8.63. The average Bonchev–Trinajstić information content (AvgIpc) is 2.38. The summed E-state index contributed by atoms with van der Waals surface area (Å²) in [5.41, 5.74) is 4.60. The van der Waals surface area contributed by atoms with Crippen LogP contribution >= 0.6 is 11.6 Å². The Labute approximate surface area is 113 Å². The van der Waals surface area contributed by atoms with Gasteiger partial charge in [-0.05, 0) is 42.7 Å². The Hall–Kier alpha value is -1.54. The van der Waals surface area contributed by atoms with Gasteiger partial charge >= 0.3 is 0 Å². The van der Waals surface area contributed by atoms with E-state index in [2.05, 4.69) is 41.9 Å². The first kappa shape index (κ1) is 12.9. The van der Waals surface area contributed by atoms with E-state index in [4.69, 9.17) is 11.6 Å². The molecule has 1 heterocycles. The summed E-state index contributed by atoms with van der Waals surface area (Å²) in [7, 11) is 2.04. The number of para-hydroxylation sites is 1. The lowest BCUT2D eigenvalue weighted by molar-refractivity contribution is 1.08. The lowest BCUT2D eigenvalue weighted by atomic mass is 10.1. The molecule has 0 unspecified atom stereocenters. The van der Waals surface area contributed by atoms with Crippen molar-refractivity contribution in [3.63, 3.8) is 0 Å². The quantitative estimate of drug-likeness (QED) is 0.769. The minimum Gasteiger partial charge on any atom is -0.329 e. The fourth-order valence-corrected chi connectivity index (χ4v) is 2.25. The monoisotopic (exact) mass is 260 g/mol. The van der Waals surface area contributed by atoms with Gasteiger partial charge < -0.3 is 4.90 Å². The van der Waals surface area contributed by atoms with Gasteiger partial charge in [-0.25, -0.2) is 4.98 Å². The van der Waals surface area contributed by atoms with Crippen molar-refractivity contribution in [1.29, 1.82) is 0 Å². The Kier molecular flexibility index (Phi) is 3.87. The van der Waals surface area contributed by atoms with Crippen molar-refractivity contribution in [1.82, 2.24) is 4.98 Å². The Morgan fingerprint density at radius 3 is 2.50 bits per heavy atom. The third-order valence-corrected chi connectivity index (χ3v) is 3.36. The predicted octanol–water partition coefficient (Wildman–Crippen LogP) is 4.21. The second kappa shape index (κ2) is 5.40. The van der Waals surface area contributed by atoms with Crippen molar-refractivity contribution in [3.05, 3.63) is 53.2 Å². The third kappa shape index (κ3) is 2.49. The van der Waals surface area contributed by atoms with Crippen LogP contribution in [0.25, 0.3) is 0 Å². The number of alkyl halides is 1. The van der Waals surface area contributed by atoms with Crippen LogP contribution < -0.4 is 4.90 Å². The van der Waals surface area contributed by atoms with Crippen LogP contribution in [0.15, 0.2) is 36.5 Å². The minimum absolute atomic E-state index is 0.502. The molecule has 0 bridgehead atoms. The predicted molar refractivity (Wildman–Crippen MR) is 77.8 cm³/mol. The molecule has 0 amide bonds. The van der Waals surface area contributed by atoms with E-state index < -0.39 is 0 Å². The zero-order chi connectivity index (χ0) is 13.1. The van der Waals surface area contributed by atoms with Crippen LogP contribution in [0.5, 0.6) is 0 Å². The summed E-state index contributed by atoms with van der Waals surface area (Å²) in [4.78, 5) is 6.62. The highest BCUT2D eigenvalue weighted by Crippen LogP contribution is 2.27. The number of aromatic nitrogens is 1. The van der Waals surface area contributed by atoms with Gasteiger partial charge in [-0.3, -0.25) is 0 Å². The molecule has 2 aromatic rings. The molecule has 1 aromatic heterocycles. The zero-order valence-electron chi connectivity index (χ0n) is 10.9. The maximum atomic E-state index is 5.82. The number of rotatable bonds is 3. The van der Waals surface area contributed by atoms with Crippen LogP contribution in [0, 0.1) is 13.8 Å². The normalized spacial score (nSPS) is 10.4. The molecule has 0 saturated heterocycles. The molecule has 3 heteroatoms. The molecule has 18 heavy (non-hydrogen) atoms. The number of halogens is 1. The molecule has 0 N–H and O–H groups in total.